The Hall–Kier alpha value is -2.62. The fourth-order valence-corrected chi connectivity index (χ4v) is 2.56. The average Bonchev–Trinajstić information content (AvgIpc) is 2.61. The van der Waals surface area contributed by atoms with E-state index in [9.17, 15) is 9.59 Å². The Kier molecular flexibility index (Phi) is 6.55. The molecule has 0 aromatic heterocycles. The predicted molar refractivity (Wildman–Crippen MR) is 93.6 cm³/mol. The Labute approximate surface area is 142 Å². The van der Waals surface area contributed by atoms with Crippen molar-refractivity contribution in [3.8, 4) is 0 Å². The van der Waals surface area contributed by atoms with Crippen molar-refractivity contribution in [2.24, 2.45) is 0 Å². The number of hydrogen-bond acceptors (Lipinski definition) is 3. The standard InChI is InChI=1S/C20H23NO3/c1-15-8-6-7-11-17(15)14-18(20(23)24-2)21-19(22)13-12-16-9-4-3-5-10-16/h3-11,18H,12-14H2,1-2H3,(H,21,22)/t18-/m0/s1. The molecule has 0 unspecified atom stereocenters. The lowest BCUT2D eigenvalue weighted by atomic mass is 10.0. The van der Waals surface area contributed by atoms with Crippen molar-refractivity contribution in [3.05, 3.63) is 71.3 Å². The molecule has 0 saturated heterocycles. The van der Waals surface area contributed by atoms with Crippen molar-refractivity contribution in [1.82, 2.24) is 5.32 Å². The minimum atomic E-state index is -0.667. The molecule has 0 aliphatic carbocycles. The fraction of sp³-hybridized carbons (Fsp3) is 0.300. The van der Waals surface area contributed by atoms with E-state index in [0.29, 0.717) is 19.3 Å². The maximum Gasteiger partial charge on any atom is 0.328 e. The second kappa shape index (κ2) is 8.87. The Morgan fingerprint density at radius 3 is 2.38 bits per heavy atom. The molecule has 0 spiro atoms. The first-order chi connectivity index (χ1) is 11.6. The molecule has 4 nitrogen and oxygen atoms in total. The molecule has 0 aliphatic heterocycles. The summed E-state index contributed by atoms with van der Waals surface area (Å²) in [7, 11) is 1.34. The summed E-state index contributed by atoms with van der Waals surface area (Å²) in [5.41, 5.74) is 3.21. The van der Waals surface area contributed by atoms with Gasteiger partial charge in [-0.15, -0.1) is 0 Å². The van der Waals surface area contributed by atoms with Gasteiger partial charge in [-0.1, -0.05) is 54.6 Å². The highest BCUT2D eigenvalue weighted by atomic mass is 16.5. The van der Waals surface area contributed by atoms with Gasteiger partial charge >= 0.3 is 5.97 Å². The molecule has 1 N–H and O–H groups in total. The lowest BCUT2D eigenvalue weighted by Crippen LogP contribution is -2.43. The maximum absolute atomic E-state index is 12.2. The van der Waals surface area contributed by atoms with Crippen LogP contribution in [0.5, 0.6) is 0 Å². The summed E-state index contributed by atoms with van der Waals surface area (Å²) in [6, 6.07) is 17.0. The molecule has 0 radical (unpaired) electrons. The Balaban J connectivity index is 1.97. The van der Waals surface area contributed by atoms with Crippen molar-refractivity contribution in [1.29, 1.82) is 0 Å². The highest BCUT2D eigenvalue weighted by Gasteiger charge is 2.22. The molecule has 2 rings (SSSR count). The first-order valence-electron chi connectivity index (χ1n) is 8.05. The zero-order valence-electron chi connectivity index (χ0n) is 14.1. The van der Waals surface area contributed by atoms with E-state index in [-0.39, 0.29) is 5.91 Å². The third-order valence-electron chi connectivity index (χ3n) is 3.99. The second-order valence-corrected chi connectivity index (χ2v) is 5.76. The summed E-state index contributed by atoms with van der Waals surface area (Å²) in [5.74, 6) is -0.575. The van der Waals surface area contributed by atoms with Crippen LogP contribution in [0, 0.1) is 6.92 Å². The number of benzene rings is 2. The van der Waals surface area contributed by atoms with Gasteiger partial charge in [-0.05, 0) is 30.0 Å². The van der Waals surface area contributed by atoms with Gasteiger partial charge in [-0.3, -0.25) is 4.79 Å². The topological polar surface area (TPSA) is 55.4 Å². The number of amides is 1. The van der Waals surface area contributed by atoms with Crippen LogP contribution in [-0.2, 0) is 27.2 Å². The van der Waals surface area contributed by atoms with E-state index in [2.05, 4.69) is 5.32 Å². The first-order valence-corrected chi connectivity index (χ1v) is 8.05. The van der Waals surface area contributed by atoms with E-state index in [4.69, 9.17) is 4.74 Å². The molecule has 126 valence electrons. The van der Waals surface area contributed by atoms with Gasteiger partial charge in [-0.2, -0.15) is 0 Å². The fourth-order valence-electron chi connectivity index (χ4n) is 2.56. The number of hydrogen-bond donors (Lipinski definition) is 1. The van der Waals surface area contributed by atoms with Crippen molar-refractivity contribution in [3.63, 3.8) is 0 Å². The van der Waals surface area contributed by atoms with Gasteiger partial charge < -0.3 is 10.1 Å². The summed E-state index contributed by atoms with van der Waals surface area (Å²) < 4.78 is 4.83. The van der Waals surface area contributed by atoms with E-state index in [0.717, 1.165) is 16.7 Å². The lowest BCUT2D eigenvalue weighted by molar-refractivity contribution is -0.145. The van der Waals surface area contributed by atoms with Crippen LogP contribution in [0.25, 0.3) is 0 Å². The number of carbonyl (C=O) groups excluding carboxylic acids is 2. The summed E-state index contributed by atoms with van der Waals surface area (Å²) in [5, 5.41) is 2.80. The Bertz CT molecular complexity index is 682. The molecule has 2 aromatic carbocycles. The third-order valence-corrected chi connectivity index (χ3v) is 3.99. The van der Waals surface area contributed by atoms with Crippen LogP contribution in [0.15, 0.2) is 54.6 Å². The number of nitrogens with one attached hydrogen (secondary N) is 1. The molecule has 0 bridgehead atoms. The monoisotopic (exact) mass is 325 g/mol. The normalized spacial score (nSPS) is 11.6. The van der Waals surface area contributed by atoms with Gasteiger partial charge in [0.15, 0.2) is 0 Å². The largest absolute Gasteiger partial charge is 0.467 e. The minimum Gasteiger partial charge on any atom is -0.467 e. The number of rotatable bonds is 7. The Morgan fingerprint density at radius 1 is 1.04 bits per heavy atom. The summed E-state index contributed by atoms with van der Waals surface area (Å²) in [4.78, 5) is 24.2. The van der Waals surface area contributed by atoms with E-state index in [1.807, 2.05) is 61.5 Å². The zero-order valence-corrected chi connectivity index (χ0v) is 14.1. The molecule has 1 atom stereocenters. The van der Waals surface area contributed by atoms with Crippen LogP contribution in [0.3, 0.4) is 0 Å². The van der Waals surface area contributed by atoms with Crippen LogP contribution < -0.4 is 5.32 Å². The molecule has 1 amide bonds. The van der Waals surface area contributed by atoms with Crippen molar-refractivity contribution in [2.75, 3.05) is 7.11 Å². The lowest BCUT2D eigenvalue weighted by Gasteiger charge is -2.17. The van der Waals surface area contributed by atoms with Gasteiger partial charge in [0.2, 0.25) is 5.91 Å². The van der Waals surface area contributed by atoms with E-state index < -0.39 is 12.0 Å². The van der Waals surface area contributed by atoms with Gasteiger partial charge in [0.1, 0.15) is 6.04 Å². The SMILES string of the molecule is COC(=O)[C@H](Cc1ccccc1C)NC(=O)CCc1ccccc1. The molecule has 4 heteroatoms. The smallest absolute Gasteiger partial charge is 0.328 e. The predicted octanol–water partition coefficient (Wildman–Crippen LogP) is 2.83. The molecule has 0 heterocycles. The van der Waals surface area contributed by atoms with E-state index >= 15 is 0 Å². The van der Waals surface area contributed by atoms with Crippen molar-refractivity contribution in [2.45, 2.75) is 32.2 Å². The molecule has 0 fully saturated rings. The molecule has 0 saturated carbocycles. The van der Waals surface area contributed by atoms with Gasteiger partial charge in [0.25, 0.3) is 0 Å². The van der Waals surface area contributed by atoms with Gasteiger partial charge in [0, 0.05) is 12.8 Å². The van der Waals surface area contributed by atoms with Crippen LogP contribution >= 0.6 is 0 Å². The average molecular weight is 325 g/mol. The second-order valence-electron chi connectivity index (χ2n) is 5.76. The van der Waals surface area contributed by atoms with Crippen LogP contribution in [0.4, 0.5) is 0 Å². The number of methoxy groups -OCH3 is 1. The van der Waals surface area contributed by atoms with E-state index in [1.54, 1.807) is 0 Å². The molecule has 0 aliphatic rings. The van der Waals surface area contributed by atoms with Crippen LogP contribution in [0.2, 0.25) is 0 Å². The van der Waals surface area contributed by atoms with Crippen LogP contribution in [0.1, 0.15) is 23.1 Å². The third kappa shape index (κ3) is 5.23. The quantitative estimate of drug-likeness (QED) is 0.797. The van der Waals surface area contributed by atoms with Crippen LogP contribution in [-0.4, -0.2) is 25.0 Å². The minimum absolute atomic E-state index is 0.150. The first kappa shape index (κ1) is 17.7. The number of aryl methyl sites for hydroxylation is 2. The summed E-state index contributed by atoms with van der Waals surface area (Å²) >= 11 is 0. The molecule has 2 aromatic rings. The summed E-state index contributed by atoms with van der Waals surface area (Å²) in [6.45, 7) is 1.99. The number of esters is 1. The van der Waals surface area contributed by atoms with E-state index in [1.165, 1.54) is 7.11 Å². The highest BCUT2D eigenvalue weighted by Crippen LogP contribution is 2.11. The van der Waals surface area contributed by atoms with Gasteiger partial charge in [0.05, 0.1) is 7.11 Å². The number of ether oxygens (including phenoxy) is 1. The molecular weight excluding hydrogens is 302 g/mol. The Morgan fingerprint density at radius 2 is 1.71 bits per heavy atom. The molecular formula is C20H23NO3. The summed E-state index contributed by atoms with van der Waals surface area (Å²) in [6.07, 6.45) is 1.41. The molecule has 24 heavy (non-hydrogen) atoms. The zero-order chi connectivity index (χ0) is 17.4. The van der Waals surface area contributed by atoms with Crippen molar-refractivity contribution < 1.29 is 14.3 Å². The maximum atomic E-state index is 12.2. The van der Waals surface area contributed by atoms with Crippen molar-refractivity contribution >= 4 is 11.9 Å². The number of carbonyl (C=O) groups is 2. The van der Waals surface area contributed by atoms with Gasteiger partial charge in [-0.25, -0.2) is 4.79 Å². The highest BCUT2D eigenvalue weighted by molar-refractivity contribution is 5.84.